The van der Waals surface area contributed by atoms with Crippen molar-refractivity contribution in [3.05, 3.63) is 59.7 Å². The monoisotopic (exact) mass is 395 g/mol. The van der Waals surface area contributed by atoms with Gasteiger partial charge in [-0.25, -0.2) is 4.98 Å². The number of nitrogens with one attached hydrogen (secondary N) is 3. The number of hydrogen-bond acceptors (Lipinski definition) is 5. The van der Waals surface area contributed by atoms with Crippen LogP contribution in [0.4, 0.5) is 5.69 Å². The summed E-state index contributed by atoms with van der Waals surface area (Å²) in [6, 6.07) is 14.8. The lowest BCUT2D eigenvalue weighted by Gasteiger charge is -2.05. The van der Waals surface area contributed by atoms with Crippen LogP contribution in [-0.2, 0) is 11.2 Å². The molecule has 0 atom stereocenters. The van der Waals surface area contributed by atoms with E-state index in [1.54, 1.807) is 31.3 Å². The first-order valence-electron chi connectivity index (χ1n) is 8.85. The summed E-state index contributed by atoms with van der Waals surface area (Å²) in [5.41, 5.74) is 3.38. The zero-order chi connectivity index (χ0) is 19.9. The lowest BCUT2D eigenvalue weighted by atomic mass is 10.1. The van der Waals surface area contributed by atoms with Crippen LogP contribution in [0.5, 0.6) is 0 Å². The third kappa shape index (κ3) is 4.98. The molecule has 2 aromatic carbocycles. The molecule has 3 rings (SSSR count). The number of carbonyl (C=O) groups excluding carboxylic acids is 2. The molecule has 7 nitrogen and oxygen atoms in total. The van der Waals surface area contributed by atoms with Crippen molar-refractivity contribution in [2.75, 3.05) is 18.1 Å². The van der Waals surface area contributed by atoms with Crippen molar-refractivity contribution in [3.63, 3.8) is 0 Å². The quantitative estimate of drug-likeness (QED) is 0.534. The highest BCUT2D eigenvalue weighted by Crippen LogP contribution is 2.20. The Labute approximate surface area is 167 Å². The Morgan fingerprint density at radius 2 is 1.79 bits per heavy atom. The maximum atomic E-state index is 12.1. The summed E-state index contributed by atoms with van der Waals surface area (Å²) in [5.74, 6) is 0.522. The summed E-state index contributed by atoms with van der Waals surface area (Å²) in [5, 5.41) is 12.9. The third-order valence-electron chi connectivity index (χ3n) is 4.09. The van der Waals surface area contributed by atoms with E-state index < -0.39 is 0 Å². The lowest BCUT2D eigenvalue weighted by Crippen LogP contribution is -2.18. The van der Waals surface area contributed by atoms with Gasteiger partial charge in [-0.3, -0.25) is 14.7 Å². The Bertz CT molecular complexity index is 951. The van der Waals surface area contributed by atoms with Gasteiger partial charge in [0.25, 0.3) is 5.91 Å². The number of aromatic nitrogens is 3. The molecule has 3 N–H and O–H groups in total. The highest BCUT2D eigenvalue weighted by Gasteiger charge is 2.10. The predicted octanol–water partition coefficient (Wildman–Crippen LogP) is 3.12. The first-order valence-corrected chi connectivity index (χ1v) is 9.84. The number of thioether (sulfide) groups is 1. The maximum absolute atomic E-state index is 12.1. The summed E-state index contributed by atoms with van der Waals surface area (Å²) in [6.45, 7) is 2.11. The van der Waals surface area contributed by atoms with Crippen molar-refractivity contribution >= 4 is 29.3 Å². The number of nitrogens with zero attached hydrogens (tertiary/aromatic N) is 2. The van der Waals surface area contributed by atoms with Gasteiger partial charge >= 0.3 is 0 Å². The number of anilines is 1. The largest absolute Gasteiger partial charge is 0.355 e. The van der Waals surface area contributed by atoms with Crippen LogP contribution < -0.4 is 10.6 Å². The van der Waals surface area contributed by atoms with Crippen molar-refractivity contribution < 1.29 is 9.59 Å². The Hall–Kier alpha value is -3.13. The molecule has 0 unspecified atom stereocenters. The van der Waals surface area contributed by atoms with Crippen LogP contribution in [0.2, 0.25) is 0 Å². The van der Waals surface area contributed by atoms with Crippen molar-refractivity contribution in [3.8, 4) is 11.4 Å². The van der Waals surface area contributed by atoms with Crippen LogP contribution in [0.1, 0.15) is 22.8 Å². The number of carbonyl (C=O) groups is 2. The molecule has 0 fully saturated rings. The summed E-state index contributed by atoms with van der Waals surface area (Å²) in [7, 11) is 1.57. The van der Waals surface area contributed by atoms with Crippen LogP contribution in [0, 0.1) is 0 Å². The Morgan fingerprint density at radius 3 is 2.43 bits per heavy atom. The molecule has 1 heterocycles. The minimum absolute atomic E-state index is 0.168. The van der Waals surface area contributed by atoms with Crippen molar-refractivity contribution in [2.45, 2.75) is 18.5 Å². The highest BCUT2D eigenvalue weighted by molar-refractivity contribution is 7.99. The molecule has 3 aromatic rings. The van der Waals surface area contributed by atoms with Gasteiger partial charge < -0.3 is 10.6 Å². The van der Waals surface area contributed by atoms with Gasteiger partial charge in [0.15, 0.2) is 5.82 Å². The van der Waals surface area contributed by atoms with Crippen LogP contribution in [0.25, 0.3) is 11.4 Å². The first-order chi connectivity index (χ1) is 13.6. The highest BCUT2D eigenvalue weighted by atomic mass is 32.2. The molecule has 1 aromatic heterocycles. The maximum Gasteiger partial charge on any atom is 0.251 e. The smallest absolute Gasteiger partial charge is 0.251 e. The minimum Gasteiger partial charge on any atom is -0.355 e. The normalized spacial score (nSPS) is 10.5. The number of amides is 2. The predicted molar refractivity (Wildman–Crippen MR) is 110 cm³/mol. The van der Waals surface area contributed by atoms with E-state index in [2.05, 4.69) is 44.9 Å². The molecule has 0 aliphatic carbocycles. The Kier molecular flexibility index (Phi) is 6.44. The minimum atomic E-state index is -0.170. The number of aromatic amines is 1. The van der Waals surface area contributed by atoms with Gasteiger partial charge in [0.05, 0.1) is 5.75 Å². The molecule has 28 heavy (non-hydrogen) atoms. The van der Waals surface area contributed by atoms with Crippen LogP contribution in [0.3, 0.4) is 0 Å². The summed E-state index contributed by atoms with van der Waals surface area (Å²) < 4.78 is 0. The average Bonchev–Trinajstić information content (AvgIpc) is 3.21. The second kappa shape index (κ2) is 9.18. The Morgan fingerprint density at radius 1 is 1.07 bits per heavy atom. The number of hydrogen-bond donors (Lipinski definition) is 3. The number of benzene rings is 2. The standard InChI is InChI=1S/C20H21N5O2S/c1-3-13-4-6-14(7-5-13)18-23-20(25-24-18)28-12-17(26)22-16-10-8-15(9-11-16)19(27)21-2/h4-11H,3,12H2,1-2H3,(H,21,27)(H,22,26)(H,23,24,25). The van der Waals surface area contributed by atoms with E-state index in [-0.39, 0.29) is 17.6 Å². The van der Waals surface area contributed by atoms with E-state index in [4.69, 9.17) is 0 Å². The molecule has 144 valence electrons. The fourth-order valence-electron chi connectivity index (χ4n) is 2.51. The van der Waals surface area contributed by atoms with Crippen molar-refractivity contribution in [1.82, 2.24) is 20.5 Å². The summed E-state index contributed by atoms with van der Waals surface area (Å²) in [4.78, 5) is 28.1. The zero-order valence-corrected chi connectivity index (χ0v) is 16.5. The van der Waals surface area contributed by atoms with Gasteiger partial charge in [-0.1, -0.05) is 43.0 Å². The van der Waals surface area contributed by atoms with Crippen LogP contribution in [0.15, 0.2) is 53.7 Å². The van der Waals surface area contributed by atoms with Crippen molar-refractivity contribution in [2.24, 2.45) is 0 Å². The third-order valence-corrected chi connectivity index (χ3v) is 4.94. The Balaban J connectivity index is 1.53. The molecule has 0 bridgehead atoms. The van der Waals surface area contributed by atoms with Crippen molar-refractivity contribution in [1.29, 1.82) is 0 Å². The number of aryl methyl sites for hydroxylation is 1. The molecule has 0 saturated heterocycles. The van der Waals surface area contributed by atoms with Gasteiger partial charge in [0, 0.05) is 23.9 Å². The van der Waals surface area contributed by atoms with Gasteiger partial charge in [-0.15, -0.1) is 5.10 Å². The van der Waals surface area contributed by atoms with E-state index in [1.807, 2.05) is 12.1 Å². The molecule has 0 aliphatic heterocycles. The number of H-pyrrole nitrogens is 1. The fraction of sp³-hybridized carbons (Fsp3) is 0.200. The fourth-order valence-corrected chi connectivity index (χ4v) is 3.11. The van der Waals surface area contributed by atoms with E-state index in [9.17, 15) is 9.59 Å². The molecule has 0 radical (unpaired) electrons. The molecular formula is C20H21N5O2S. The van der Waals surface area contributed by atoms with E-state index in [1.165, 1.54) is 17.3 Å². The molecule has 8 heteroatoms. The number of rotatable bonds is 7. The van der Waals surface area contributed by atoms with Gasteiger partial charge in [-0.05, 0) is 36.2 Å². The molecular weight excluding hydrogens is 374 g/mol. The molecule has 0 saturated carbocycles. The molecule has 2 amide bonds. The van der Waals surface area contributed by atoms with Crippen LogP contribution in [-0.4, -0.2) is 39.8 Å². The van der Waals surface area contributed by atoms with Gasteiger partial charge in [0.2, 0.25) is 11.1 Å². The molecule has 0 aliphatic rings. The summed E-state index contributed by atoms with van der Waals surface area (Å²) >= 11 is 1.25. The summed E-state index contributed by atoms with van der Waals surface area (Å²) in [6.07, 6.45) is 0.988. The topological polar surface area (TPSA) is 99.8 Å². The average molecular weight is 395 g/mol. The lowest BCUT2D eigenvalue weighted by molar-refractivity contribution is -0.113. The van der Waals surface area contributed by atoms with E-state index in [0.29, 0.717) is 22.2 Å². The SMILES string of the molecule is CCc1ccc(-c2nc(SCC(=O)Nc3ccc(C(=O)NC)cc3)n[nH]2)cc1. The van der Waals surface area contributed by atoms with Gasteiger partial charge in [0.1, 0.15) is 0 Å². The first kappa shape index (κ1) is 19.6. The van der Waals surface area contributed by atoms with Crippen LogP contribution >= 0.6 is 11.8 Å². The zero-order valence-electron chi connectivity index (χ0n) is 15.7. The molecule has 0 spiro atoms. The second-order valence-electron chi connectivity index (χ2n) is 6.01. The van der Waals surface area contributed by atoms with E-state index >= 15 is 0 Å². The second-order valence-corrected chi connectivity index (χ2v) is 6.95. The van der Waals surface area contributed by atoms with E-state index in [0.717, 1.165) is 12.0 Å². The van der Waals surface area contributed by atoms with Gasteiger partial charge in [-0.2, -0.15) is 0 Å².